The van der Waals surface area contributed by atoms with E-state index in [1.165, 1.54) is 24.3 Å². The van der Waals surface area contributed by atoms with Gasteiger partial charge < -0.3 is 9.42 Å². The molecule has 0 saturated heterocycles. The minimum atomic E-state index is -2.94. The van der Waals surface area contributed by atoms with Gasteiger partial charge in [-0.05, 0) is 17.7 Å². The number of hydrogen-bond acceptors (Lipinski definition) is 4. The average Bonchev–Trinajstić information content (AvgIpc) is 2.15. The largest absolute Gasteiger partial charge is 0.326 e. The summed E-state index contributed by atoms with van der Waals surface area (Å²) in [6.07, 6.45) is 0. The summed E-state index contributed by atoms with van der Waals surface area (Å²) in [5.74, 6) is 0. The van der Waals surface area contributed by atoms with Crippen molar-refractivity contribution in [3.05, 3.63) is 39.9 Å². The fraction of sp³-hybridized carbons (Fsp3) is 0.143. The molecule has 0 radical (unpaired) electrons. The lowest BCUT2D eigenvalue weighted by molar-refractivity contribution is -0.384. The Labute approximate surface area is 80.2 Å². The molecule has 7 heteroatoms. The van der Waals surface area contributed by atoms with E-state index in [4.69, 9.17) is 4.89 Å². The van der Waals surface area contributed by atoms with Gasteiger partial charge in [-0.2, -0.15) is 0 Å². The number of hydrogen-bond donors (Lipinski definition) is 1. The summed E-state index contributed by atoms with van der Waals surface area (Å²) in [5.41, 5.74) is 0.591. The van der Waals surface area contributed by atoms with E-state index in [0.29, 0.717) is 5.56 Å². The highest BCUT2D eigenvalue weighted by molar-refractivity contribution is 7.32. The first-order valence-corrected chi connectivity index (χ1v) is 4.95. The summed E-state index contributed by atoms with van der Waals surface area (Å²) in [6, 6.07) is 5.58. The van der Waals surface area contributed by atoms with Crippen LogP contribution in [0.25, 0.3) is 0 Å². The second-order valence-electron chi connectivity index (χ2n) is 2.48. The molecule has 1 rings (SSSR count). The number of rotatable bonds is 4. The molecule has 76 valence electrons. The Balaban J connectivity index is 2.64. The summed E-state index contributed by atoms with van der Waals surface area (Å²) in [7, 11) is -2.94. The molecule has 0 aromatic heterocycles. The van der Waals surface area contributed by atoms with Crippen LogP contribution in [0.2, 0.25) is 0 Å². The molecule has 0 fully saturated rings. The molecule has 0 aliphatic rings. The Hall–Kier alpha value is -1.23. The summed E-state index contributed by atoms with van der Waals surface area (Å²) < 4.78 is 14.7. The Morgan fingerprint density at radius 2 is 2.00 bits per heavy atom. The maximum Gasteiger partial charge on any atom is 0.316 e. The maximum atomic E-state index is 10.3. The van der Waals surface area contributed by atoms with Gasteiger partial charge >= 0.3 is 8.25 Å². The van der Waals surface area contributed by atoms with Gasteiger partial charge in [0, 0.05) is 12.1 Å². The van der Waals surface area contributed by atoms with Crippen molar-refractivity contribution in [1.82, 2.24) is 0 Å². The molecule has 1 unspecified atom stereocenters. The van der Waals surface area contributed by atoms with Gasteiger partial charge in [-0.25, -0.2) is 0 Å². The molecule has 1 atom stereocenters. The van der Waals surface area contributed by atoms with Crippen LogP contribution >= 0.6 is 8.25 Å². The zero-order valence-corrected chi connectivity index (χ0v) is 8.04. The minimum absolute atomic E-state index is 0.0215. The number of nitro groups is 1. The predicted molar refractivity (Wildman–Crippen MR) is 49.1 cm³/mol. The fourth-order valence-electron chi connectivity index (χ4n) is 0.859. The highest BCUT2D eigenvalue weighted by Gasteiger charge is 2.04. The monoisotopic (exact) mass is 217 g/mol. The Morgan fingerprint density at radius 3 is 2.43 bits per heavy atom. The van der Waals surface area contributed by atoms with Crippen molar-refractivity contribution in [3.63, 3.8) is 0 Å². The summed E-state index contributed by atoms with van der Waals surface area (Å²) >= 11 is 0. The van der Waals surface area contributed by atoms with Gasteiger partial charge in [0.2, 0.25) is 0 Å². The van der Waals surface area contributed by atoms with E-state index in [1.54, 1.807) is 0 Å². The van der Waals surface area contributed by atoms with Crippen molar-refractivity contribution in [1.29, 1.82) is 0 Å². The highest BCUT2D eigenvalue weighted by Crippen LogP contribution is 2.19. The molecular formula is C7H8NO5P. The first-order chi connectivity index (χ1) is 6.59. The van der Waals surface area contributed by atoms with Crippen LogP contribution in [0.15, 0.2) is 24.3 Å². The first kappa shape index (κ1) is 10.8. The summed E-state index contributed by atoms with van der Waals surface area (Å²) in [4.78, 5) is 18.1. The van der Waals surface area contributed by atoms with Gasteiger partial charge in [-0.3, -0.25) is 14.7 Å². The van der Waals surface area contributed by atoms with Gasteiger partial charge in [-0.1, -0.05) is 0 Å². The Morgan fingerprint density at radius 1 is 1.43 bits per heavy atom. The van der Waals surface area contributed by atoms with Crippen LogP contribution in [0, 0.1) is 10.1 Å². The Bertz CT molecular complexity index is 350. The molecule has 0 aliphatic heterocycles. The van der Waals surface area contributed by atoms with Gasteiger partial charge in [0.1, 0.15) is 0 Å². The van der Waals surface area contributed by atoms with Crippen LogP contribution in [0.3, 0.4) is 0 Å². The Kier molecular flexibility index (Phi) is 3.76. The van der Waals surface area contributed by atoms with E-state index < -0.39 is 13.2 Å². The molecule has 1 aromatic carbocycles. The van der Waals surface area contributed by atoms with Crippen molar-refractivity contribution in [2.75, 3.05) is 0 Å². The van der Waals surface area contributed by atoms with Gasteiger partial charge in [0.25, 0.3) is 5.69 Å². The predicted octanol–water partition coefficient (Wildman–Crippen LogP) is 1.49. The smallest absolute Gasteiger partial charge is 0.316 e. The number of nitrogens with zero attached hydrogens (tertiary/aromatic N) is 1. The van der Waals surface area contributed by atoms with Crippen molar-refractivity contribution in [2.24, 2.45) is 0 Å². The van der Waals surface area contributed by atoms with Gasteiger partial charge in [-0.15, -0.1) is 0 Å². The van der Waals surface area contributed by atoms with Crippen molar-refractivity contribution in [2.45, 2.75) is 6.61 Å². The lowest BCUT2D eigenvalue weighted by Gasteiger charge is -1.99. The van der Waals surface area contributed by atoms with Crippen LogP contribution in [0.4, 0.5) is 5.69 Å². The average molecular weight is 217 g/mol. The molecule has 6 nitrogen and oxygen atoms in total. The maximum absolute atomic E-state index is 10.3. The molecular weight excluding hydrogens is 209 g/mol. The van der Waals surface area contributed by atoms with E-state index in [0.717, 1.165) is 0 Å². The third-order valence-electron chi connectivity index (χ3n) is 1.51. The van der Waals surface area contributed by atoms with Crippen LogP contribution in [-0.4, -0.2) is 9.82 Å². The normalized spacial score (nSPS) is 12.4. The number of non-ortho nitro benzene ring substituents is 1. The van der Waals surface area contributed by atoms with Crippen LogP contribution in [0.1, 0.15) is 5.56 Å². The van der Waals surface area contributed by atoms with E-state index in [2.05, 4.69) is 4.52 Å². The van der Waals surface area contributed by atoms with Crippen LogP contribution in [-0.2, 0) is 15.7 Å². The topological polar surface area (TPSA) is 89.7 Å². The quantitative estimate of drug-likeness (QED) is 0.468. The standard InChI is InChI=1S/C7H8NO5P/c9-8(10)7-3-1-6(2-4-7)5-13-14(11)12/h1-4,14H,5H2,(H,11,12). The number of nitro benzene ring substituents is 1. The molecule has 0 bridgehead atoms. The number of benzene rings is 1. The minimum Gasteiger partial charge on any atom is -0.326 e. The second-order valence-corrected chi connectivity index (χ2v) is 3.30. The molecule has 0 spiro atoms. The lowest BCUT2D eigenvalue weighted by atomic mass is 10.2. The second kappa shape index (κ2) is 4.85. The molecule has 0 amide bonds. The third kappa shape index (κ3) is 3.26. The molecule has 0 saturated carbocycles. The van der Waals surface area contributed by atoms with Crippen molar-refractivity contribution >= 4 is 13.9 Å². The fourth-order valence-corrected chi connectivity index (χ4v) is 1.15. The van der Waals surface area contributed by atoms with E-state index in [-0.39, 0.29) is 12.3 Å². The third-order valence-corrected chi connectivity index (χ3v) is 1.90. The zero-order valence-electron chi connectivity index (χ0n) is 7.04. The van der Waals surface area contributed by atoms with E-state index in [1.807, 2.05) is 0 Å². The first-order valence-electron chi connectivity index (χ1n) is 3.68. The SMILES string of the molecule is O=[N+]([O-])c1ccc(CO[PH](=O)O)cc1. The lowest BCUT2D eigenvalue weighted by Crippen LogP contribution is -1.89. The van der Waals surface area contributed by atoms with Crippen molar-refractivity contribution in [3.8, 4) is 0 Å². The molecule has 0 aliphatic carbocycles. The van der Waals surface area contributed by atoms with E-state index in [9.17, 15) is 14.7 Å². The molecule has 0 heterocycles. The molecule has 1 aromatic rings. The summed E-state index contributed by atoms with van der Waals surface area (Å²) in [6.45, 7) is -0.0215. The molecule has 14 heavy (non-hydrogen) atoms. The summed E-state index contributed by atoms with van der Waals surface area (Å²) in [5, 5.41) is 10.3. The van der Waals surface area contributed by atoms with Gasteiger partial charge in [0.15, 0.2) is 0 Å². The van der Waals surface area contributed by atoms with Crippen molar-refractivity contribution < 1.29 is 18.9 Å². The zero-order chi connectivity index (χ0) is 10.6. The highest BCUT2D eigenvalue weighted by atomic mass is 31.1. The molecule has 1 N–H and O–H groups in total. The van der Waals surface area contributed by atoms with Crippen LogP contribution in [0.5, 0.6) is 0 Å². The van der Waals surface area contributed by atoms with Gasteiger partial charge in [0.05, 0.1) is 11.5 Å². The van der Waals surface area contributed by atoms with Crippen LogP contribution < -0.4 is 0 Å². The van der Waals surface area contributed by atoms with E-state index >= 15 is 0 Å².